The van der Waals surface area contributed by atoms with Crippen molar-refractivity contribution in [2.24, 2.45) is 10.8 Å². The van der Waals surface area contributed by atoms with E-state index in [1.165, 1.54) is 11.0 Å². The first-order valence-electron chi connectivity index (χ1n) is 11.5. The number of alkyl halides is 3. The van der Waals surface area contributed by atoms with Gasteiger partial charge in [0.1, 0.15) is 12.5 Å². The summed E-state index contributed by atoms with van der Waals surface area (Å²) in [6.45, 7) is 3.20. The Morgan fingerprint density at radius 1 is 1.00 bits per heavy atom. The van der Waals surface area contributed by atoms with Crippen LogP contribution in [0.5, 0.6) is 0 Å². The Morgan fingerprint density at radius 2 is 1.66 bits per heavy atom. The minimum absolute atomic E-state index is 0.0742. The van der Waals surface area contributed by atoms with Crippen molar-refractivity contribution >= 4 is 34.9 Å². The monoisotopic (exact) mass is 523 g/mol. The molecule has 0 spiro atoms. The van der Waals surface area contributed by atoms with Crippen LogP contribution in [-0.2, 0) is 15.8 Å². The molecule has 1 heterocycles. The summed E-state index contributed by atoms with van der Waals surface area (Å²) < 4.78 is 41.0. The van der Waals surface area contributed by atoms with Crippen molar-refractivity contribution in [1.82, 2.24) is 10.7 Å². The highest BCUT2D eigenvalue weighted by Gasteiger charge is 2.43. The smallest absolute Gasteiger partial charge is 0.352 e. The van der Waals surface area contributed by atoms with Gasteiger partial charge in [0.15, 0.2) is 0 Å². The molecule has 0 radical (unpaired) electrons. The first-order chi connectivity index (χ1) is 18.0. The third kappa shape index (κ3) is 5.51. The molecule has 4 N–H and O–H groups in total. The van der Waals surface area contributed by atoms with Gasteiger partial charge in [-0.25, -0.2) is 10.2 Å². The van der Waals surface area contributed by atoms with Crippen molar-refractivity contribution in [2.75, 3.05) is 11.4 Å². The number of nitrogens with zero attached hydrogens (tertiary/aromatic N) is 2. The number of carbonyl (C=O) groups is 3. The van der Waals surface area contributed by atoms with Gasteiger partial charge in [0.25, 0.3) is 5.91 Å². The minimum atomic E-state index is -4.62. The standard InChI is InChI=1S/C27H24F3N5O3/c1-15-10-16(2)12-19(11-15)35-21-13-18(27(28,29)30)8-9-20(21)23(25(35)37)24(17-6-4-3-5-7-17)34-33-22(36)14-32-26(31)38/h3-13,23H,14H2,1-2H3,(H,33,36)(H3,31,32,38)/b34-24-. The summed E-state index contributed by atoms with van der Waals surface area (Å²) in [5, 5.41) is 6.33. The molecule has 4 amide bonds. The predicted octanol–water partition coefficient (Wildman–Crippen LogP) is 4.27. The molecule has 8 nitrogen and oxygen atoms in total. The molecule has 1 unspecified atom stereocenters. The number of carbonyl (C=O) groups excluding carboxylic acids is 3. The number of urea groups is 1. The molecule has 1 aliphatic rings. The maximum atomic E-state index is 14.0. The van der Waals surface area contributed by atoms with Crippen LogP contribution < -0.4 is 21.4 Å². The number of anilines is 2. The number of benzene rings is 3. The number of hydrogen-bond donors (Lipinski definition) is 3. The highest BCUT2D eigenvalue weighted by molar-refractivity contribution is 6.26. The zero-order valence-electron chi connectivity index (χ0n) is 20.5. The predicted molar refractivity (Wildman–Crippen MR) is 136 cm³/mol. The number of amides is 4. The van der Waals surface area contributed by atoms with Gasteiger partial charge in [-0.1, -0.05) is 42.5 Å². The quantitative estimate of drug-likeness (QED) is 0.331. The van der Waals surface area contributed by atoms with E-state index in [0.29, 0.717) is 16.8 Å². The van der Waals surface area contributed by atoms with E-state index in [1.54, 1.807) is 42.5 Å². The summed E-state index contributed by atoms with van der Waals surface area (Å²) in [5.41, 5.74) is 9.44. The van der Waals surface area contributed by atoms with Crippen LogP contribution in [0.2, 0.25) is 0 Å². The molecule has 4 rings (SSSR count). The molecule has 0 aliphatic carbocycles. The molecule has 1 aliphatic heterocycles. The van der Waals surface area contributed by atoms with Gasteiger partial charge in [-0.2, -0.15) is 18.3 Å². The maximum Gasteiger partial charge on any atom is 0.416 e. The SMILES string of the molecule is Cc1cc(C)cc(N2C(=O)C(/C(=N\NC(=O)CNC(N)=O)c3ccccc3)c3ccc(C(F)(F)F)cc32)c1. The van der Waals surface area contributed by atoms with Crippen molar-refractivity contribution in [3.63, 3.8) is 0 Å². The van der Waals surface area contributed by atoms with E-state index >= 15 is 0 Å². The van der Waals surface area contributed by atoms with Crippen LogP contribution in [0.25, 0.3) is 0 Å². The van der Waals surface area contributed by atoms with Crippen LogP contribution >= 0.6 is 0 Å². The van der Waals surface area contributed by atoms with E-state index in [-0.39, 0.29) is 11.4 Å². The number of hydrazone groups is 1. The van der Waals surface area contributed by atoms with Gasteiger partial charge in [0.2, 0.25) is 5.91 Å². The number of nitrogens with one attached hydrogen (secondary N) is 2. The van der Waals surface area contributed by atoms with Crippen LogP contribution in [0.4, 0.5) is 29.3 Å². The van der Waals surface area contributed by atoms with Gasteiger partial charge in [-0.15, -0.1) is 0 Å². The lowest BCUT2D eigenvalue weighted by atomic mass is 9.90. The van der Waals surface area contributed by atoms with Crippen LogP contribution in [0.1, 0.15) is 33.7 Å². The van der Waals surface area contributed by atoms with Crippen molar-refractivity contribution in [3.05, 3.63) is 94.5 Å². The Labute approximate surface area is 216 Å². The van der Waals surface area contributed by atoms with Crippen molar-refractivity contribution in [1.29, 1.82) is 0 Å². The zero-order valence-corrected chi connectivity index (χ0v) is 20.5. The summed E-state index contributed by atoms with van der Waals surface area (Å²) in [6.07, 6.45) is -4.62. The molecule has 0 fully saturated rings. The molecule has 1 atom stereocenters. The second-order valence-corrected chi connectivity index (χ2v) is 8.84. The number of aryl methyl sites for hydroxylation is 2. The topological polar surface area (TPSA) is 117 Å². The van der Waals surface area contributed by atoms with Gasteiger partial charge in [0, 0.05) is 5.69 Å². The number of fused-ring (bicyclic) bond motifs is 1. The number of nitrogens with two attached hydrogens (primary N) is 1. The molecule has 0 bridgehead atoms. The Bertz CT molecular complexity index is 1420. The lowest BCUT2D eigenvalue weighted by molar-refractivity contribution is -0.137. The summed E-state index contributed by atoms with van der Waals surface area (Å²) in [7, 11) is 0. The van der Waals surface area contributed by atoms with E-state index < -0.39 is 42.0 Å². The average molecular weight is 524 g/mol. The van der Waals surface area contributed by atoms with Crippen LogP contribution in [-0.4, -0.2) is 30.1 Å². The van der Waals surface area contributed by atoms with Crippen LogP contribution in [0.3, 0.4) is 0 Å². The number of rotatable bonds is 6. The molecule has 0 aromatic heterocycles. The lowest BCUT2D eigenvalue weighted by Crippen LogP contribution is -2.38. The van der Waals surface area contributed by atoms with Gasteiger partial charge in [-0.3, -0.25) is 14.5 Å². The van der Waals surface area contributed by atoms with E-state index in [0.717, 1.165) is 23.3 Å². The van der Waals surface area contributed by atoms with Crippen LogP contribution in [0.15, 0.2) is 71.8 Å². The summed E-state index contributed by atoms with van der Waals surface area (Å²) in [6, 6.07) is 16.0. The van der Waals surface area contributed by atoms with E-state index in [2.05, 4.69) is 15.8 Å². The molecule has 196 valence electrons. The molecule has 3 aromatic rings. The van der Waals surface area contributed by atoms with Gasteiger partial charge < -0.3 is 11.1 Å². The van der Waals surface area contributed by atoms with Gasteiger partial charge in [0.05, 0.1) is 17.0 Å². The van der Waals surface area contributed by atoms with Gasteiger partial charge in [-0.05, 0) is 60.4 Å². The zero-order chi connectivity index (χ0) is 27.6. The molecule has 0 saturated carbocycles. The molecule has 3 aromatic carbocycles. The second-order valence-electron chi connectivity index (χ2n) is 8.84. The fraction of sp³-hybridized carbons (Fsp3) is 0.185. The molecule has 0 saturated heterocycles. The molecular formula is C27H24F3N5O3. The normalized spacial score (nSPS) is 15.3. The number of primary amides is 1. The highest BCUT2D eigenvalue weighted by atomic mass is 19.4. The van der Waals surface area contributed by atoms with Crippen molar-refractivity contribution in [2.45, 2.75) is 25.9 Å². The first-order valence-corrected chi connectivity index (χ1v) is 11.5. The Hall–Kier alpha value is -4.67. The Morgan fingerprint density at radius 3 is 2.26 bits per heavy atom. The number of halogens is 3. The fourth-order valence-corrected chi connectivity index (χ4v) is 4.38. The summed E-state index contributed by atoms with van der Waals surface area (Å²) in [4.78, 5) is 38.4. The highest BCUT2D eigenvalue weighted by Crippen LogP contribution is 2.46. The van der Waals surface area contributed by atoms with E-state index in [9.17, 15) is 27.6 Å². The van der Waals surface area contributed by atoms with Crippen molar-refractivity contribution < 1.29 is 27.6 Å². The molecular weight excluding hydrogens is 499 g/mol. The minimum Gasteiger partial charge on any atom is -0.352 e. The number of hydrogen-bond acceptors (Lipinski definition) is 4. The lowest BCUT2D eigenvalue weighted by Gasteiger charge is -2.20. The maximum absolute atomic E-state index is 14.0. The fourth-order valence-electron chi connectivity index (χ4n) is 4.38. The van der Waals surface area contributed by atoms with Gasteiger partial charge >= 0.3 is 12.2 Å². The van der Waals surface area contributed by atoms with E-state index in [4.69, 9.17) is 5.73 Å². The summed E-state index contributed by atoms with van der Waals surface area (Å²) >= 11 is 0. The second kappa shape index (κ2) is 10.4. The van der Waals surface area contributed by atoms with E-state index in [1.807, 2.05) is 19.9 Å². The first kappa shape index (κ1) is 26.4. The third-order valence-electron chi connectivity index (χ3n) is 5.91. The van der Waals surface area contributed by atoms with Crippen LogP contribution in [0, 0.1) is 13.8 Å². The van der Waals surface area contributed by atoms with Crippen molar-refractivity contribution in [3.8, 4) is 0 Å². The average Bonchev–Trinajstić information content (AvgIpc) is 3.13. The Kier molecular flexibility index (Phi) is 7.20. The molecule has 38 heavy (non-hydrogen) atoms. The Balaban J connectivity index is 1.87. The third-order valence-corrected chi connectivity index (χ3v) is 5.91. The largest absolute Gasteiger partial charge is 0.416 e. The molecule has 11 heteroatoms. The summed E-state index contributed by atoms with van der Waals surface area (Å²) in [5.74, 6) is -2.36.